The van der Waals surface area contributed by atoms with Crippen molar-refractivity contribution in [2.24, 2.45) is 0 Å². The zero-order valence-electron chi connectivity index (χ0n) is 15.1. The van der Waals surface area contributed by atoms with Gasteiger partial charge in [0.15, 0.2) is 0 Å². The molecule has 0 spiro atoms. The molecule has 0 aliphatic rings. The first-order valence-electron chi connectivity index (χ1n) is 8.36. The monoisotopic (exact) mass is 417 g/mol. The van der Waals surface area contributed by atoms with Crippen molar-refractivity contribution in [2.45, 2.75) is 16.3 Å². The third-order valence-corrected chi connectivity index (χ3v) is 8.33. The topological polar surface area (TPSA) is 80.8 Å². The van der Waals surface area contributed by atoms with E-state index in [2.05, 4.69) is 0 Å². The molecule has 0 atom stereocenters. The summed E-state index contributed by atoms with van der Waals surface area (Å²) < 4.78 is 58.4. The van der Waals surface area contributed by atoms with Crippen LogP contribution in [-0.4, -0.2) is 27.7 Å². The first kappa shape index (κ1) is 20.1. The van der Waals surface area contributed by atoms with Gasteiger partial charge in [-0.2, -0.15) is 0 Å². The lowest BCUT2D eigenvalue weighted by Crippen LogP contribution is -2.36. The molecule has 0 aliphatic carbocycles. The van der Waals surface area contributed by atoms with Crippen molar-refractivity contribution in [1.29, 1.82) is 0 Å². The van der Waals surface area contributed by atoms with Crippen LogP contribution in [0.2, 0.25) is 0 Å². The summed E-state index contributed by atoms with van der Waals surface area (Å²) in [6, 6.07) is 21.6. The van der Waals surface area contributed by atoms with E-state index in [1.54, 1.807) is 60.7 Å². The Morgan fingerprint density at radius 3 is 1.50 bits per heavy atom. The van der Waals surface area contributed by atoms with Crippen molar-refractivity contribution < 1.29 is 21.6 Å². The highest BCUT2D eigenvalue weighted by Crippen LogP contribution is 2.27. The number of hydrogen-bond donors (Lipinski definition) is 0. The van der Waals surface area contributed by atoms with Crippen LogP contribution < -0.4 is 4.74 Å². The summed E-state index contributed by atoms with van der Waals surface area (Å²) in [6.45, 7) is -0.335. The van der Waals surface area contributed by atoms with Crippen LogP contribution in [-0.2, 0) is 26.6 Å². The highest BCUT2D eigenvalue weighted by Gasteiger charge is 2.36. The van der Waals surface area contributed by atoms with Crippen molar-refractivity contribution in [2.75, 3.05) is 7.11 Å². The summed E-state index contributed by atoms with van der Waals surface area (Å²) in [5.41, 5.74) is 0.514. The largest absolute Gasteiger partial charge is 0.497 e. The fourth-order valence-electron chi connectivity index (χ4n) is 2.60. The number of ether oxygens (including phenoxy) is 1. The second-order valence-corrected chi connectivity index (χ2v) is 9.87. The Balaban J connectivity index is 2.11. The number of hydrogen-bond acceptors (Lipinski definition) is 5. The minimum Gasteiger partial charge on any atom is -0.497 e. The van der Waals surface area contributed by atoms with Crippen LogP contribution in [0.15, 0.2) is 94.7 Å². The molecule has 3 aromatic carbocycles. The van der Waals surface area contributed by atoms with Gasteiger partial charge in [0.2, 0.25) is 0 Å². The number of benzene rings is 3. The minimum absolute atomic E-state index is 0.0944. The molecule has 0 aromatic heterocycles. The van der Waals surface area contributed by atoms with Crippen LogP contribution in [0.25, 0.3) is 0 Å². The van der Waals surface area contributed by atoms with Crippen molar-refractivity contribution in [3.05, 3.63) is 90.5 Å². The van der Waals surface area contributed by atoms with Crippen LogP contribution in [0, 0.1) is 0 Å². The lowest BCUT2D eigenvalue weighted by molar-refractivity contribution is 0.414. The third kappa shape index (κ3) is 4.09. The molecule has 0 saturated carbocycles. The predicted molar refractivity (Wildman–Crippen MR) is 106 cm³/mol. The molecule has 0 saturated heterocycles. The number of sulfonamides is 2. The lowest BCUT2D eigenvalue weighted by Gasteiger charge is -2.22. The normalized spacial score (nSPS) is 12.1. The van der Waals surface area contributed by atoms with E-state index in [4.69, 9.17) is 4.74 Å². The Hall–Kier alpha value is -2.68. The summed E-state index contributed by atoms with van der Waals surface area (Å²) in [5, 5.41) is 0. The minimum atomic E-state index is -4.31. The second-order valence-electron chi connectivity index (χ2n) is 5.92. The molecule has 0 aliphatic heterocycles. The van der Waals surface area contributed by atoms with Gasteiger partial charge in [0, 0.05) is 0 Å². The van der Waals surface area contributed by atoms with Gasteiger partial charge in [-0.05, 0) is 42.0 Å². The maximum absolute atomic E-state index is 13.2. The molecular formula is C20H19NO5S2. The third-order valence-electron chi connectivity index (χ3n) is 4.09. The summed E-state index contributed by atoms with van der Waals surface area (Å²) in [5.74, 6) is 0.590. The smallest absolute Gasteiger partial charge is 0.256 e. The maximum Gasteiger partial charge on any atom is 0.256 e. The van der Waals surface area contributed by atoms with E-state index in [0.29, 0.717) is 15.0 Å². The lowest BCUT2D eigenvalue weighted by atomic mass is 10.2. The van der Waals surface area contributed by atoms with Gasteiger partial charge in [0.25, 0.3) is 20.0 Å². The first-order chi connectivity index (χ1) is 13.4. The van der Waals surface area contributed by atoms with Gasteiger partial charge in [-0.25, -0.2) is 16.8 Å². The van der Waals surface area contributed by atoms with E-state index in [1.807, 2.05) is 0 Å². The average Bonchev–Trinajstić information content (AvgIpc) is 2.73. The van der Waals surface area contributed by atoms with Crippen LogP contribution in [0.1, 0.15) is 5.56 Å². The number of nitrogens with zero attached hydrogens (tertiary/aromatic N) is 1. The SMILES string of the molecule is COc1ccc(CN(S(=O)(=O)c2ccccc2)S(=O)(=O)c2ccccc2)cc1. The quantitative estimate of drug-likeness (QED) is 0.589. The maximum atomic E-state index is 13.2. The molecular weight excluding hydrogens is 398 g/mol. The Morgan fingerprint density at radius 1 is 0.679 bits per heavy atom. The summed E-state index contributed by atoms with van der Waals surface area (Å²) in [6.07, 6.45) is 0. The highest BCUT2D eigenvalue weighted by atomic mass is 32.3. The van der Waals surface area contributed by atoms with E-state index in [1.165, 1.54) is 31.4 Å². The van der Waals surface area contributed by atoms with Crippen LogP contribution in [0.4, 0.5) is 0 Å². The molecule has 3 rings (SSSR count). The fraction of sp³-hybridized carbons (Fsp3) is 0.100. The Labute approximate surface area is 165 Å². The Kier molecular flexibility index (Phi) is 5.83. The predicted octanol–water partition coefficient (Wildman–Crippen LogP) is 3.28. The van der Waals surface area contributed by atoms with Crippen LogP contribution >= 0.6 is 0 Å². The van der Waals surface area contributed by atoms with Crippen molar-refractivity contribution >= 4 is 20.0 Å². The van der Waals surface area contributed by atoms with Gasteiger partial charge < -0.3 is 4.74 Å². The molecule has 3 aromatic rings. The zero-order chi connectivity index (χ0) is 20.2. The highest BCUT2D eigenvalue weighted by molar-refractivity contribution is 8.04. The average molecular weight is 418 g/mol. The molecule has 0 fully saturated rings. The van der Waals surface area contributed by atoms with E-state index < -0.39 is 20.0 Å². The molecule has 0 bridgehead atoms. The zero-order valence-corrected chi connectivity index (χ0v) is 16.7. The summed E-state index contributed by atoms with van der Waals surface area (Å²) in [7, 11) is -7.10. The second kappa shape index (κ2) is 8.14. The van der Waals surface area contributed by atoms with Crippen molar-refractivity contribution in [1.82, 2.24) is 3.71 Å². The molecule has 8 heteroatoms. The molecule has 146 valence electrons. The van der Waals surface area contributed by atoms with Gasteiger partial charge in [-0.3, -0.25) is 0 Å². The van der Waals surface area contributed by atoms with Crippen LogP contribution in [0.5, 0.6) is 5.75 Å². The van der Waals surface area contributed by atoms with Gasteiger partial charge in [0.05, 0.1) is 23.4 Å². The van der Waals surface area contributed by atoms with Gasteiger partial charge in [-0.1, -0.05) is 52.2 Å². The number of rotatable bonds is 7. The van der Waals surface area contributed by atoms with E-state index >= 15 is 0 Å². The molecule has 0 heterocycles. The summed E-state index contributed by atoms with van der Waals surface area (Å²) in [4.78, 5) is -0.189. The van der Waals surface area contributed by atoms with E-state index in [-0.39, 0.29) is 16.3 Å². The van der Waals surface area contributed by atoms with Crippen molar-refractivity contribution in [3.8, 4) is 5.75 Å². The fourth-order valence-corrected chi connectivity index (χ4v) is 6.26. The molecule has 6 nitrogen and oxygen atoms in total. The van der Waals surface area contributed by atoms with Gasteiger partial charge in [0.1, 0.15) is 5.75 Å². The van der Waals surface area contributed by atoms with E-state index in [0.717, 1.165) is 0 Å². The van der Waals surface area contributed by atoms with Gasteiger partial charge in [-0.15, -0.1) is 0 Å². The van der Waals surface area contributed by atoms with E-state index in [9.17, 15) is 16.8 Å². The number of methoxy groups -OCH3 is 1. The standard InChI is InChI=1S/C20H19NO5S2/c1-26-18-14-12-17(13-15-18)16-21(27(22,23)19-8-4-2-5-9-19)28(24,25)20-10-6-3-7-11-20/h2-15H,16H2,1H3. The Bertz CT molecular complexity index is 1060. The van der Waals surface area contributed by atoms with Crippen molar-refractivity contribution in [3.63, 3.8) is 0 Å². The first-order valence-corrected chi connectivity index (χ1v) is 11.2. The molecule has 0 amide bonds. The molecule has 0 radical (unpaired) electrons. The Morgan fingerprint density at radius 2 is 1.11 bits per heavy atom. The van der Waals surface area contributed by atoms with Crippen LogP contribution in [0.3, 0.4) is 0 Å². The summed E-state index contributed by atoms with van der Waals surface area (Å²) >= 11 is 0. The molecule has 0 N–H and O–H groups in total. The molecule has 0 unspecified atom stereocenters. The van der Waals surface area contributed by atoms with Gasteiger partial charge >= 0.3 is 0 Å². The molecule has 28 heavy (non-hydrogen) atoms.